The van der Waals surface area contributed by atoms with E-state index in [9.17, 15) is 15.0 Å². The average molecular weight is 243 g/mol. The molecule has 0 aromatic carbocycles. The highest BCUT2D eigenvalue weighted by atomic mass is 16.4. The summed E-state index contributed by atoms with van der Waals surface area (Å²) in [6.07, 6.45) is 10.7. The van der Waals surface area contributed by atoms with Gasteiger partial charge in [-0.25, -0.2) is 0 Å². The second-order valence-corrected chi connectivity index (χ2v) is 4.85. The Morgan fingerprint density at radius 2 is 1.47 bits per heavy atom. The first-order valence-electron chi connectivity index (χ1n) is 7.04. The van der Waals surface area contributed by atoms with Crippen molar-refractivity contribution in [3.63, 3.8) is 0 Å². The Labute approximate surface area is 105 Å². The number of rotatable bonds is 12. The first-order valence-corrected chi connectivity index (χ1v) is 7.04. The fourth-order valence-electron chi connectivity index (χ4n) is 1.99. The zero-order valence-corrected chi connectivity index (χ0v) is 11.1. The van der Waals surface area contributed by atoms with Gasteiger partial charge in [0.05, 0.1) is 6.10 Å². The van der Waals surface area contributed by atoms with Crippen LogP contribution in [0.3, 0.4) is 0 Å². The van der Waals surface area contributed by atoms with Gasteiger partial charge in [0.2, 0.25) is 0 Å². The monoisotopic (exact) mass is 243 g/mol. The summed E-state index contributed by atoms with van der Waals surface area (Å²) in [5.41, 5.74) is 0. The van der Waals surface area contributed by atoms with Crippen LogP contribution in [-0.4, -0.2) is 17.2 Å². The summed E-state index contributed by atoms with van der Waals surface area (Å²) < 4.78 is 0. The van der Waals surface area contributed by atoms with Gasteiger partial charge in [-0.2, -0.15) is 0 Å². The van der Waals surface area contributed by atoms with Crippen LogP contribution in [0, 0.1) is 0 Å². The molecule has 102 valence electrons. The molecule has 3 nitrogen and oxygen atoms in total. The average Bonchev–Trinajstić information content (AvgIpc) is 2.26. The third-order valence-corrected chi connectivity index (χ3v) is 3.04. The molecular weight excluding hydrogens is 216 g/mol. The van der Waals surface area contributed by atoms with Crippen LogP contribution in [0.15, 0.2) is 0 Å². The van der Waals surface area contributed by atoms with Crippen LogP contribution in [0.1, 0.15) is 77.6 Å². The third kappa shape index (κ3) is 13.4. The lowest BCUT2D eigenvalue weighted by Gasteiger charge is -2.10. The maximum Gasteiger partial charge on any atom is 0.0592 e. The number of hydrogen-bond donors (Lipinski definition) is 1. The van der Waals surface area contributed by atoms with Crippen LogP contribution < -0.4 is 5.11 Å². The number of carbonyl (C=O) groups excluding carboxylic acids is 1. The Balaban J connectivity index is 3.10. The summed E-state index contributed by atoms with van der Waals surface area (Å²) >= 11 is 0. The Kier molecular flexibility index (Phi) is 11.5. The van der Waals surface area contributed by atoms with Crippen molar-refractivity contribution in [2.75, 3.05) is 0 Å². The summed E-state index contributed by atoms with van der Waals surface area (Å²) in [6, 6.07) is 0. The number of carboxylic acid groups (broad SMARTS) is 1. The topological polar surface area (TPSA) is 60.4 Å². The van der Waals surface area contributed by atoms with Gasteiger partial charge in [-0.05, 0) is 6.42 Å². The SMILES string of the molecule is CCCCCCCCCCC[C@@H](O)CC(=O)[O-]. The summed E-state index contributed by atoms with van der Waals surface area (Å²) in [6.45, 7) is 2.22. The van der Waals surface area contributed by atoms with E-state index < -0.39 is 12.1 Å². The van der Waals surface area contributed by atoms with E-state index in [0.29, 0.717) is 6.42 Å². The summed E-state index contributed by atoms with van der Waals surface area (Å²) in [7, 11) is 0. The molecule has 1 N–H and O–H groups in total. The third-order valence-electron chi connectivity index (χ3n) is 3.04. The van der Waals surface area contributed by atoms with Gasteiger partial charge in [-0.1, -0.05) is 64.7 Å². The van der Waals surface area contributed by atoms with Crippen molar-refractivity contribution in [1.82, 2.24) is 0 Å². The molecule has 3 heteroatoms. The minimum atomic E-state index is -1.16. The molecule has 0 aromatic heterocycles. The first kappa shape index (κ1) is 16.4. The lowest BCUT2D eigenvalue weighted by molar-refractivity contribution is -0.307. The zero-order chi connectivity index (χ0) is 12.9. The fourth-order valence-corrected chi connectivity index (χ4v) is 1.99. The Morgan fingerprint density at radius 1 is 1.00 bits per heavy atom. The molecule has 0 aliphatic heterocycles. The van der Waals surface area contributed by atoms with E-state index in [-0.39, 0.29) is 6.42 Å². The number of aliphatic carboxylic acids is 1. The Morgan fingerprint density at radius 3 is 1.94 bits per heavy atom. The van der Waals surface area contributed by atoms with E-state index in [4.69, 9.17) is 0 Å². The van der Waals surface area contributed by atoms with Gasteiger partial charge in [0.25, 0.3) is 0 Å². The van der Waals surface area contributed by atoms with Crippen LogP contribution in [0.2, 0.25) is 0 Å². The lowest BCUT2D eigenvalue weighted by atomic mass is 10.0. The van der Waals surface area contributed by atoms with Gasteiger partial charge in [0.15, 0.2) is 0 Å². The van der Waals surface area contributed by atoms with E-state index in [2.05, 4.69) is 6.92 Å². The highest BCUT2D eigenvalue weighted by Gasteiger charge is 2.03. The fraction of sp³-hybridized carbons (Fsp3) is 0.929. The van der Waals surface area contributed by atoms with E-state index >= 15 is 0 Å². The number of unbranched alkanes of at least 4 members (excludes halogenated alkanes) is 8. The molecule has 0 aliphatic rings. The highest BCUT2D eigenvalue weighted by molar-refractivity contribution is 5.64. The van der Waals surface area contributed by atoms with Crippen LogP contribution in [0.25, 0.3) is 0 Å². The standard InChI is InChI=1S/C14H28O3/c1-2-3-4-5-6-7-8-9-10-11-13(15)12-14(16)17/h13,15H,2-12H2,1H3,(H,16,17)/p-1/t13-/m1/s1. The van der Waals surface area contributed by atoms with Gasteiger partial charge in [-0.3, -0.25) is 0 Å². The minimum Gasteiger partial charge on any atom is -0.550 e. The number of aliphatic hydroxyl groups is 1. The second kappa shape index (κ2) is 11.9. The van der Waals surface area contributed by atoms with E-state index in [1.807, 2.05) is 0 Å². The molecule has 0 aliphatic carbocycles. The summed E-state index contributed by atoms with van der Waals surface area (Å²) in [5, 5.41) is 19.5. The maximum absolute atomic E-state index is 10.2. The molecule has 0 bridgehead atoms. The Bertz CT molecular complexity index is 180. The number of hydrogen-bond acceptors (Lipinski definition) is 3. The van der Waals surface area contributed by atoms with Crippen molar-refractivity contribution in [2.24, 2.45) is 0 Å². The minimum absolute atomic E-state index is 0.225. The van der Waals surface area contributed by atoms with E-state index in [1.165, 1.54) is 44.9 Å². The normalized spacial score (nSPS) is 12.6. The predicted molar refractivity (Wildman–Crippen MR) is 67.5 cm³/mol. The summed E-state index contributed by atoms with van der Waals surface area (Å²) in [4.78, 5) is 10.2. The molecule has 0 fully saturated rings. The Hall–Kier alpha value is -0.570. The highest BCUT2D eigenvalue weighted by Crippen LogP contribution is 2.11. The van der Waals surface area contributed by atoms with Gasteiger partial charge in [-0.15, -0.1) is 0 Å². The molecule has 0 saturated carbocycles. The van der Waals surface area contributed by atoms with Crippen molar-refractivity contribution >= 4 is 5.97 Å². The molecule has 0 aromatic rings. The van der Waals surface area contributed by atoms with Gasteiger partial charge >= 0.3 is 0 Å². The number of carbonyl (C=O) groups is 1. The molecule has 1 atom stereocenters. The molecule has 0 amide bonds. The zero-order valence-electron chi connectivity index (χ0n) is 11.1. The molecule has 0 unspecified atom stereocenters. The van der Waals surface area contributed by atoms with Crippen LogP contribution >= 0.6 is 0 Å². The molecule has 17 heavy (non-hydrogen) atoms. The van der Waals surface area contributed by atoms with Crippen molar-refractivity contribution in [2.45, 2.75) is 83.7 Å². The molecular formula is C14H27O3-. The van der Waals surface area contributed by atoms with E-state index in [0.717, 1.165) is 12.8 Å². The second-order valence-electron chi connectivity index (χ2n) is 4.85. The smallest absolute Gasteiger partial charge is 0.0592 e. The predicted octanol–water partition coefficient (Wildman–Crippen LogP) is 2.41. The maximum atomic E-state index is 10.2. The van der Waals surface area contributed by atoms with Crippen LogP contribution in [-0.2, 0) is 4.79 Å². The molecule has 0 radical (unpaired) electrons. The van der Waals surface area contributed by atoms with Crippen molar-refractivity contribution in [1.29, 1.82) is 0 Å². The first-order chi connectivity index (χ1) is 8.16. The summed E-state index contributed by atoms with van der Waals surface area (Å²) in [5.74, 6) is -1.16. The molecule has 0 spiro atoms. The van der Waals surface area contributed by atoms with Crippen LogP contribution in [0.5, 0.6) is 0 Å². The molecule has 0 saturated heterocycles. The molecule has 0 heterocycles. The largest absolute Gasteiger partial charge is 0.550 e. The van der Waals surface area contributed by atoms with Crippen LogP contribution in [0.4, 0.5) is 0 Å². The van der Waals surface area contributed by atoms with Gasteiger partial charge in [0, 0.05) is 12.4 Å². The van der Waals surface area contributed by atoms with E-state index in [1.54, 1.807) is 0 Å². The number of carboxylic acids is 1. The van der Waals surface area contributed by atoms with Crippen molar-refractivity contribution in [3.8, 4) is 0 Å². The van der Waals surface area contributed by atoms with Gasteiger partial charge < -0.3 is 15.0 Å². The lowest BCUT2D eigenvalue weighted by Crippen LogP contribution is -2.27. The van der Waals surface area contributed by atoms with Gasteiger partial charge in [0.1, 0.15) is 0 Å². The van der Waals surface area contributed by atoms with Crippen molar-refractivity contribution < 1.29 is 15.0 Å². The number of aliphatic hydroxyl groups excluding tert-OH is 1. The van der Waals surface area contributed by atoms with Crippen molar-refractivity contribution in [3.05, 3.63) is 0 Å². The quantitative estimate of drug-likeness (QED) is 0.535. The molecule has 0 rings (SSSR count).